The van der Waals surface area contributed by atoms with E-state index in [-0.39, 0.29) is 0 Å². The molecule has 0 radical (unpaired) electrons. The Morgan fingerprint density at radius 1 is 1.50 bits per heavy atom. The van der Waals surface area contributed by atoms with E-state index in [1.165, 1.54) is 5.56 Å². The van der Waals surface area contributed by atoms with E-state index < -0.39 is 0 Å². The number of tetrazole rings is 1. The predicted molar refractivity (Wildman–Crippen MR) is 46.8 cm³/mol. The molecule has 0 aromatic carbocycles. The molecular formula is C7H8N4S. The maximum absolute atomic E-state index is 3.93. The molecule has 0 aliphatic heterocycles. The van der Waals surface area contributed by atoms with E-state index in [0.717, 1.165) is 10.7 Å². The Hall–Kier alpha value is -1.23. The highest BCUT2D eigenvalue weighted by Gasteiger charge is 2.08. The Morgan fingerprint density at radius 2 is 2.33 bits per heavy atom. The van der Waals surface area contributed by atoms with Gasteiger partial charge in [-0.25, -0.2) is 4.68 Å². The molecule has 0 aliphatic carbocycles. The van der Waals surface area contributed by atoms with E-state index in [0.29, 0.717) is 0 Å². The topological polar surface area (TPSA) is 43.6 Å². The number of aromatic nitrogens is 4. The van der Waals surface area contributed by atoms with Crippen molar-refractivity contribution in [3.63, 3.8) is 0 Å². The third kappa shape index (κ3) is 1.02. The summed E-state index contributed by atoms with van der Waals surface area (Å²) >= 11 is 1.66. The van der Waals surface area contributed by atoms with Gasteiger partial charge in [-0.2, -0.15) is 0 Å². The first-order valence-corrected chi connectivity index (χ1v) is 4.44. The summed E-state index contributed by atoms with van der Waals surface area (Å²) in [6.07, 6.45) is 0. The third-order valence-corrected chi connectivity index (χ3v) is 2.70. The number of rotatable bonds is 1. The Bertz CT molecular complexity index is 351. The molecule has 0 spiro atoms. The lowest BCUT2D eigenvalue weighted by atomic mass is 10.3. The first-order chi connectivity index (χ1) is 5.79. The quantitative estimate of drug-likeness (QED) is 0.663. The molecule has 0 fully saturated rings. The van der Waals surface area contributed by atoms with E-state index in [1.807, 2.05) is 12.4 Å². The zero-order valence-corrected chi connectivity index (χ0v) is 7.67. The van der Waals surface area contributed by atoms with Gasteiger partial charge < -0.3 is 0 Å². The molecule has 2 rings (SSSR count). The average Bonchev–Trinajstić information content (AvgIpc) is 2.59. The van der Waals surface area contributed by atoms with E-state index in [9.17, 15) is 0 Å². The summed E-state index contributed by atoms with van der Waals surface area (Å²) in [7, 11) is 1.84. The standard InChI is InChI=1S/C7H8N4S/c1-5-3-4-12-6(5)7-8-9-10-11(7)2/h3-4H,1-2H3. The van der Waals surface area contributed by atoms with Gasteiger partial charge in [0.15, 0.2) is 5.82 Å². The van der Waals surface area contributed by atoms with Gasteiger partial charge in [-0.05, 0) is 34.4 Å². The summed E-state index contributed by atoms with van der Waals surface area (Å²) < 4.78 is 1.68. The van der Waals surface area contributed by atoms with Crippen LogP contribution in [-0.2, 0) is 7.05 Å². The molecule has 2 aromatic heterocycles. The van der Waals surface area contributed by atoms with Crippen molar-refractivity contribution in [1.82, 2.24) is 20.2 Å². The van der Waals surface area contributed by atoms with Crippen molar-refractivity contribution < 1.29 is 0 Å². The fourth-order valence-electron chi connectivity index (χ4n) is 1.02. The van der Waals surface area contributed by atoms with Gasteiger partial charge in [0.2, 0.25) is 0 Å². The molecule has 12 heavy (non-hydrogen) atoms. The average molecular weight is 180 g/mol. The van der Waals surface area contributed by atoms with Crippen LogP contribution >= 0.6 is 11.3 Å². The van der Waals surface area contributed by atoms with Crippen LogP contribution in [0, 0.1) is 6.92 Å². The lowest BCUT2D eigenvalue weighted by molar-refractivity contribution is 0.715. The molecule has 0 saturated carbocycles. The van der Waals surface area contributed by atoms with Crippen LogP contribution in [0.2, 0.25) is 0 Å². The van der Waals surface area contributed by atoms with Gasteiger partial charge in [0.05, 0.1) is 4.88 Å². The minimum Gasteiger partial charge on any atom is -0.228 e. The van der Waals surface area contributed by atoms with Crippen LogP contribution in [0.15, 0.2) is 11.4 Å². The van der Waals surface area contributed by atoms with Crippen LogP contribution in [0.5, 0.6) is 0 Å². The monoisotopic (exact) mass is 180 g/mol. The number of hydrogen-bond acceptors (Lipinski definition) is 4. The summed E-state index contributed by atoms with van der Waals surface area (Å²) in [4.78, 5) is 1.14. The van der Waals surface area contributed by atoms with Gasteiger partial charge in [-0.15, -0.1) is 16.4 Å². The van der Waals surface area contributed by atoms with Gasteiger partial charge >= 0.3 is 0 Å². The third-order valence-electron chi connectivity index (χ3n) is 1.69. The Labute approximate surface area is 73.8 Å². The summed E-state index contributed by atoms with van der Waals surface area (Å²) in [5.74, 6) is 0.836. The smallest absolute Gasteiger partial charge is 0.192 e. The van der Waals surface area contributed by atoms with Crippen LogP contribution in [0.1, 0.15) is 5.56 Å². The molecule has 62 valence electrons. The van der Waals surface area contributed by atoms with E-state index in [2.05, 4.69) is 28.5 Å². The molecule has 0 N–H and O–H groups in total. The molecule has 0 atom stereocenters. The van der Waals surface area contributed by atoms with Crippen molar-refractivity contribution in [2.75, 3.05) is 0 Å². The zero-order chi connectivity index (χ0) is 8.55. The van der Waals surface area contributed by atoms with Crippen molar-refractivity contribution in [1.29, 1.82) is 0 Å². The molecule has 0 amide bonds. The summed E-state index contributed by atoms with van der Waals surface area (Å²) in [6.45, 7) is 2.06. The fraction of sp³-hybridized carbons (Fsp3) is 0.286. The molecule has 5 heteroatoms. The minimum absolute atomic E-state index is 0.836. The van der Waals surface area contributed by atoms with Crippen molar-refractivity contribution in [3.8, 4) is 10.7 Å². The first kappa shape index (κ1) is 7.42. The maximum atomic E-state index is 3.93. The number of thiophene rings is 1. The van der Waals surface area contributed by atoms with Crippen molar-refractivity contribution in [3.05, 3.63) is 17.0 Å². The highest BCUT2D eigenvalue weighted by atomic mass is 32.1. The van der Waals surface area contributed by atoms with Crippen molar-refractivity contribution in [2.45, 2.75) is 6.92 Å². The zero-order valence-electron chi connectivity index (χ0n) is 6.85. The molecule has 2 heterocycles. The first-order valence-electron chi connectivity index (χ1n) is 3.56. The number of aryl methyl sites for hydroxylation is 2. The minimum atomic E-state index is 0.836. The van der Waals surface area contributed by atoms with Gasteiger partial charge in [-0.3, -0.25) is 0 Å². The Balaban J connectivity index is 2.57. The van der Waals surface area contributed by atoms with Gasteiger partial charge in [0, 0.05) is 7.05 Å². The summed E-state index contributed by atoms with van der Waals surface area (Å²) in [5.41, 5.74) is 1.22. The van der Waals surface area contributed by atoms with Gasteiger partial charge in [0.1, 0.15) is 0 Å². The molecule has 0 bridgehead atoms. The second-order valence-electron chi connectivity index (χ2n) is 2.56. The normalized spacial score (nSPS) is 10.5. The second-order valence-corrected chi connectivity index (χ2v) is 3.47. The van der Waals surface area contributed by atoms with Crippen LogP contribution in [0.25, 0.3) is 10.7 Å². The number of nitrogens with zero attached hydrogens (tertiary/aromatic N) is 4. The highest BCUT2D eigenvalue weighted by Crippen LogP contribution is 2.25. The maximum Gasteiger partial charge on any atom is 0.192 e. The van der Waals surface area contributed by atoms with Crippen LogP contribution in [0.4, 0.5) is 0 Å². The Morgan fingerprint density at radius 3 is 2.83 bits per heavy atom. The van der Waals surface area contributed by atoms with Crippen LogP contribution in [0.3, 0.4) is 0 Å². The van der Waals surface area contributed by atoms with E-state index >= 15 is 0 Å². The molecule has 0 saturated heterocycles. The molecule has 2 aromatic rings. The largest absolute Gasteiger partial charge is 0.228 e. The molecule has 0 aliphatic rings. The number of hydrogen-bond donors (Lipinski definition) is 0. The second kappa shape index (κ2) is 2.67. The van der Waals surface area contributed by atoms with E-state index in [1.54, 1.807) is 16.0 Å². The van der Waals surface area contributed by atoms with Gasteiger partial charge in [-0.1, -0.05) is 0 Å². The Kier molecular flexibility index (Phi) is 1.65. The van der Waals surface area contributed by atoms with Crippen molar-refractivity contribution in [2.24, 2.45) is 7.05 Å². The molecule has 4 nitrogen and oxygen atoms in total. The van der Waals surface area contributed by atoms with Crippen LogP contribution < -0.4 is 0 Å². The molecule has 0 unspecified atom stereocenters. The highest BCUT2D eigenvalue weighted by molar-refractivity contribution is 7.13. The summed E-state index contributed by atoms with van der Waals surface area (Å²) in [5, 5.41) is 13.3. The van der Waals surface area contributed by atoms with Crippen LogP contribution in [-0.4, -0.2) is 20.2 Å². The molecular weight excluding hydrogens is 172 g/mol. The van der Waals surface area contributed by atoms with Gasteiger partial charge in [0.25, 0.3) is 0 Å². The summed E-state index contributed by atoms with van der Waals surface area (Å²) in [6, 6.07) is 2.06. The lowest BCUT2D eigenvalue weighted by Crippen LogP contribution is -1.93. The SMILES string of the molecule is Cc1ccsc1-c1nnnn1C. The predicted octanol–water partition coefficient (Wildman–Crippen LogP) is 1.25. The fourth-order valence-corrected chi connectivity index (χ4v) is 1.96. The van der Waals surface area contributed by atoms with E-state index in [4.69, 9.17) is 0 Å². The lowest BCUT2D eigenvalue weighted by Gasteiger charge is -1.94. The van der Waals surface area contributed by atoms with Crippen molar-refractivity contribution >= 4 is 11.3 Å².